The Kier molecular flexibility index (Phi) is 4.31. The van der Waals surface area contributed by atoms with Gasteiger partial charge in [-0.3, -0.25) is 4.79 Å². The molecule has 0 aromatic carbocycles. The first-order chi connectivity index (χ1) is 8.61. The summed E-state index contributed by atoms with van der Waals surface area (Å²) in [6.07, 6.45) is 1.90. The molecule has 2 amide bonds. The predicted molar refractivity (Wildman–Crippen MR) is 65.7 cm³/mol. The van der Waals surface area contributed by atoms with Gasteiger partial charge in [-0.1, -0.05) is 6.42 Å². The zero-order chi connectivity index (χ0) is 13.1. The molecule has 2 aliphatic rings. The Hall–Kier alpha value is -0.990. The van der Waals surface area contributed by atoms with Gasteiger partial charge in [0.05, 0.1) is 12.1 Å². The predicted octanol–water partition coefficient (Wildman–Crippen LogP) is -0.246. The van der Waals surface area contributed by atoms with Crippen molar-refractivity contribution in [1.82, 2.24) is 16.1 Å². The van der Waals surface area contributed by atoms with Crippen LogP contribution < -0.4 is 16.1 Å². The van der Waals surface area contributed by atoms with Gasteiger partial charge in [0.25, 0.3) is 0 Å². The van der Waals surface area contributed by atoms with E-state index in [2.05, 4.69) is 10.6 Å². The van der Waals surface area contributed by atoms with Crippen LogP contribution in [0.4, 0.5) is 4.79 Å². The third kappa shape index (κ3) is 2.88. The fraction of sp³-hybridized carbons (Fsp3) is 0.800. The minimum Gasteiger partial charge on any atom is -0.480 e. The topological polar surface area (TPSA) is 111 Å². The second kappa shape index (κ2) is 5.77. The molecule has 2 rings (SSSR count). The van der Waals surface area contributed by atoms with Crippen LogP contribution in [0.25, 0.3) is 0 Å². The first-order valence-electron chi connectivity index (χ1n) is 5.93. The largest absolute Gasteiger partial charge is 0.480 e. The maximum atomic E-state index is 11.2. The Morgan fingerprint density at radius 1 is 1.56 bits per heavy atom. The fourth-order valence-electron chi connectivity index (χ4n) is 2.41. The molecule has 2 fully saturated rings. The SMILES string of the molecule is O=C1N[C@H]2[C@H](CS[C@H]2CCCC(NO)C(=O)O)N1. The van der Waals surface area contributed by atoms with Gasteiger partial charge in [0.15, 0.2) is 0 Å². The van der Waals surface area contributed by atoms with Crippen LogP contribution >= 0.6 is 11.8 Å². The van der Waals surface area contributed by atoms with E-state index in [4.69, 9.17) is 10.3 Å². The number of aliphatic carboxylic acids is 1. The van der Waals surface area contributed by atoms with Gasteiger partial charge >= 0.3 is 12.0 Å². The zero-order valence-corrected chi connectivity index (χ0v) is 10.6. The van der Waals surface area contributed by atoms with Crippen molar-refractivity contribution in [2.24, 2.45) is 0 Å². The van der Waals surface area contributed by atoms with E-state index in [1.165, 1.54) is 0 Å². The van der Waals surface area contributed by atoms with Crippen LogP contribution in [-0.4, -0.2) is 51.4 Å². The van der Waals surface area contributed by atoms with Crippen LogP contribution in [0.1, 0.15) is 19.3 Å². The molecule has 0 bridgehead atoms. The highest BCUT2D eigenvalue weighted by atomic mass is 32.2. The van der Waals surface area contributed by atoms with Gasteiger partial charge in [-0.15, -0.1) is 0 Å². The molecule has 102 valence electrons. The molecule has 5 N–H and O–H groups in total. The van der Waals surface area contributed by atoms with Crippen molar-refractivity contribution in [2.45, 2.75) is 42.6 Å². The number of nitrogens with one attached hydrogen (secondary N) is 3. The molecule has 7 nitrogen and oxygen atoms in total. The number of thioether (sulfide) groups is 1. The lowest BCUT2D eigenvalue weighted by Crippen LogP contribution is -2.37. The Balaban J connectivity index is 1.74. The van der Waals surface area contributed by atoms with Crippen molar-refractivity contribution in [3.05, 3.63) is 0 Å². The lowest BCUT2D eigenvalue weighted by Gasteiger charge is -2.17. The van der Waals surface area contributed by atoms with Crippen molar-refractivity contribution in [2.75, 3.05) is 5.75 Å². The third-order valence-electron chi connectivity index (χ3n) is 3.37. The molecule has 4 atom stereocenters. The van der Waals surface area contributed by atoms with Gasteiger partial charge in [0.1, 0.15) is 6.04 Å². The van der Waals surface area contributed by atoms with E-state index in [1.807, 2.05) is 0 Å². The van der Waals surface area contributed by atoms with Crippen LogP contribution in [0.3, 0.4) is 0 Å². The summed E-state index contributed by atoms with van der Waals surface area (Å²) >= 11 is 1.80. The molecule has 0 aliphatic carbocycles. The van der Waals surface area contributed by atoms with Crippen LogP contribution in [-0.2, 0) is 4.79 Å². The average molecular weight is 275 g/mol. The number of hydrogen-bond acceptors (Lipinski definition) is 5. The fourth-order valence-corrected chi connectivity index (χ4v) is 3.95. The highest BCUT2D eigenvalue weighted by Crippen LogP contribution is 2.33. The molecule has 0 saturated carbocycles. The maximum Gasteiger partial charge on any atom is 0.323 e. The van der Waals surface area contributed by atoms with Gasteiger partial charge in [0.2, 0.25) is 0 Å². The van der Waals surface area contributed by atoms with E-state index in [9.17, 15) is 9.59 Å². The number of urea groups is 1. The molecule has 0 radical (unpaired) electrons. The van der Waals surface area contributed by atoms with E-state index >= 15 is 0 Å². The van der Waals surface area contributed by atoms with Crippen LogP contribution in [0, 0.1) is 0 Å². The molecule has 18 heavy (non-hydrogen) atoms. The van der Waals surface area contributed by atoms with Gasteiger partial charge in [0, 0.05) is 11.0 Å². The Morgan fingerprint density at radius 3 is 3.00 bits per heavy atom. The molecule has 2 saturated heterocycles. The third-order valence-corrected chi connectivity index (χ3v) is 4.88. The second-order valence-corrected chi connectivity index (χ2v) is 5.84. The van der Waals surface area contributed by atoms with E-state index in [1.54, 1.807) is 17.2 Å². The van der Waals surface area contributed by atoms with Gasteiger partial charge in [-0.2, -0.15) is 17.2 Å². The van der Waals surface area contributed by atoms with Crippen LogP contribution in [0.2, 0.25) is 0 Å². The van der Waals surface area contributed by atoms with Crippen molar-refractivity contribution < 1.29 is 19.9 Å². The summed E-state index contributed by atoms with van der Waals surface area (Å²) in [6.45, 7) is 0. The van der Waals surface area contributed by atoms with Gasteiger partial charge in [-0.25, -0.2) is 4.79 Å². The summed E-state index contributed by atoms with van der Waals surface area (Å²) in [6, 6.07) is -0.689. The highest BCUT2D eigenvalue weighted by Gasteiger charge is 2.42. The van der Waals surface area contributed by atoms with Crippen LogP contribution in [0.15, 0.2) is 0 Å². The van der Waals surface area contributed by atoms with E-state index in [0.717, 1.165) is 12.2 Å². The molecule has 1 unspecified atom stereocenters. The molecule has 0 aromatic rings. The standard InChI is InChI=1S/C10H17N3O4S/c14-9(15)5(13-17)2-1-3-7-8-6(4-18-7)11-10(16)12-8/h5-8,13,17H,1-4H2,(H,14,15)(H2,11,12,16)/t5?,6-,7-,8-/m0/s1. The van der Waals surface area contributed by atoms with E-state index in [-0.39, 0.29) is 18.1 Å². The number of carboxylic acids is 1. The number of carbonyl (C=O) groups is 2. The molecular formula is C10H17N3O4S. The molecule has 0 aromatic heterocycles. The maximum absolute atomic E-state index is 11.2. The summed E-state index contributed by atoms with van der Waals surface area (Å²) in [7, 11) is 0. The number of rotatable bonds is 6. The summed E-state index contributed by atoms with van der Waals surface area (Å²) < 4.78 is 0. The monoisotopic (exact) mass is 275 g/mol. The minimum absolute atomic E-state index is 0.115. The second-order valence-electron chi connectivity index (χ2n) is 4.57. The zero-order valence-electron chi connectivity index (χ0n) is 9.76. The first-order valence-corrected chi connectivity index (χ1v) is 6.97. The van der Waals surface area contributed by atoms with Gasteiger partial charge < -0.3 is 20.9 Å². The molecule has 0 spiro atoms. The Morgan fingerprint density at radius 2 is 2.33 bits per heavy atom. The summed E-state index contributed by atoms with van der Waals surface area (Å²) in [4.78, 5) is 21.9. The molecular weight excluding hydrogens is 258 g/mol. The quantitative estimate of drug-likeness (QED) is 0.338. The Labute approximate surface area is 109 Å². The number of amides is 2. The van der Waals surface area contributed by atoms with E-state index in [0.29, 0.717) is 18.1 Å². The first kappa shape index (κ1) is 13.4. The van der Waals surface area contributed by atoms with Crippen molar-refractivity contribution in [1.29, 1.82) is 0 Å². The van der Waals surface area contributed by atoms with E-state index < -0.39 is 12.0 Å². The smallest absolute Gasteiger partial charge is 0.323 e. The number of fused-ring (bicyclic) bond motifs is 1. The molecule has 2 heterocycles. The number of carboxylic acid groups (broad SMARTS) is 1. The minimum atomic E-state index is -1.05. The highest BCUT2D eigenvalue weighted by molar-refractivity contribution is 8.00. The number of carbonyl (C=O) groups excluding carboxylic acids is 1. The van der Waals surface area contributed by atoms with Gasteiger partial charge in [-0.05, 0) is 12.8 Å². The lowest BCUT2D eigenvalue weighted by atomic mass is 10.0. The normalized spacial score (nSPS) is 31.6. The average Bonchev–Trinajstić information content (AvgIpc) is 2.84. The number of hydrogen-bond donors (Lipinski definition) is 5. The lowest BCUT2D eigenvalue weighted by molar-refractivity contribution is -0.142. The summed E-state index contributed by atoms with van der Waals surface area (Å²) in [5.74, 6) is -0.153. The molecule has 2 aliphatic heterocycles. The van der Waals surface area contributed by atoms with Crippen molar-refractivity contribution in [3.63, 3.8) is 0 Å². The summed E-state index contributed by atoms with van der Waals surface area (Å²) in [5.41, 5.74) is 1.79. The summed E-state index contributed by atoms with van der Waals surface area (Å²) in [5, 5.41) is 23.5. The van der Waals surface area contributed by atoms with Crippen LogP contribution in [0.5, 0.6) is 0 Å². The Bertz CT molecular complexity index is 341. The molecule has 8 heteroatoms. The van der Waals surface area contributed by atoms with Crippen molar-refractivity contribution >= 4 is 23.8 Å². The van der Waals surface area contributed by atoms with Crippen molar-refractivity contribution in [3.8, 4) is 0 Å². The number of hydroxylamine groups is 1.